The second-order valence-electron chi connectivity index (χ2n) is 5.29. The van der Waals surface area contributed by atoms with E-state index in [2.05, 4.69) is 0 Å². The van der Waals surface area contributed by atoms with Crippen LogP contribution in [0.25, 0.3) is 0 Å². The van der Waals surface area contributed by atoms with Crippen molar-refractivity contribution in [2.75, 3.05) is 39.1 Å². The van der Waals surface area contributed by atoms with Gasteiger partial charge < -0.3 is 14.7 Å². The molecule has 2 aliphatic heterocycles. The molecule has 0 saturated carbocycles. The highest BCUT2D eigenvalue weighted by atomic mass is 32.2. The molecule has 0 aromatic carbocycles. The van der Waals surface area contributed by atoms with Gasteiger partial charge in [0.2, 0.25) is 0 Å². The summed E-state index contributed by atoms with van der Waals surface area (Å²) in [4.78, 5) is 27.5. The lowest BCUT2D eigenvalue weighted by molar-refractivity contribution is -0.137. The summed E-state index contributed by atoms with van der Waals surface area (Å²) >= 11 is 8.27. The van der Waals surface area contributed by atoms with Gasteiger partial charge in [-0.2, -0.15) is 0 Å². The molecule has 0 radical (unpaired) electrons. The van der Waals surface area contributed by atoms with Gasteiger partial charge in [0.1, 0.15) is 4.32 Å². The molecule has 0 atom stereocenters. The van der Waals surface area contributed by atoms with Crippen LogP contribution in [-0.4, -0.2) is 70.2 Å². The van der Waals surface area contributed by atoms with Crippen molar-refractivity contribution in [1.82, 2.24) is 9.80 Å². The maximum atomic E-state index is 12.5. The number of carboxylic acid groups (broad SMARTS) is 1. The van der Waals surface area contributed by atoms with Gasteiger partial charge in [-0.1, -0.05) is 24.0 Å². The molecule has 132 valence electrons. The Balaban J connectivity index is 2.13. The van der Waals surface area contributed by atoms with E-state index in [9.17, 15) is 9.59 Å². The number of carbonyl (C=O) groups is 2. The van der Waals surface area contributed by atoms with E-state index < -0.39 is 5.97 Å². The second-order valence-corrected chi connectivity index (χ2v) is 8.05. The first-order valence-electron chi connectivity index (χ1n) is 7.48. The molecule has 0 bridgehead atoms. The van der Waals surface area contributed by atoms with Crippen molar-refractivity contribution in [3.05, 3.63) is 21.6 Å². The van der Waals surface area contributed by atoms with Crippen LogP contribution < -0.4 is 0 Å². The molecule has 2 rings (SSSR count). The Bertz CT molecular complexity index is 604. The highest BCUT2D eigenvalue weighted by molar-refractivity contribution is 8.26. The van der Waals surface area contributed by atoms with Crippen LogP contribution in [0.3, 0.4) is 0 Å². The molecule has 1 amide bonds. The molecular formula is C15H20N2O4S3. The van der Waals surface area contributed by atoms with E-state index in [-0.39, 0.29) is 12.3 Å². The van der Waals surface area contributed by atoms with Crippen LogP contribution in [0.4, 0.5) is 0 Å². The Morgan fingerprint density at radius 1 is 1.46 bits per heavy atom. The summed E-state index contributed by atoms with van der Waals surface area (Å²) in [6.45, 7) is 4.10. The standard InChI is InChI=1S/C15H20N2O4S3/c1-10(9-11-16(6-8-23-11)4-3-12(18)19)13-14(20)17(5-7-21-2)15(22)24-13/h9H,3-8H2,1-2H3,(H,18,19). The largest absolute Gasteiger partial charge is 0.481 e. The van der Waals surface area contributed by atoms with Crippen LogP contribution in [0.15, 0.2) is 21.6 Å². The Morgan fingerprint density at radius 3 is 2.88 bits per heavy atom. The number of carboxylic acids is 1. The van der Waals surface area contributed by atoms with Crippen LogP contribution in [-0.2, 0) is 14.3 Å². The topological polar surface area (TPSA) is 70.1 Å². The summed E-state index contributed by atoms with van der Waals surface area (Å²) in [7, 11) is 1.59. The quantitative estimate of drug-likeness (QED) is 0.525. The minimum atomic E-state index is -0.804. The molecule has 2 saturated heterocycles. The summed E-state index contributed by atoms with van der Waals surface area (Å²) < 4.78 is 5.56. The number of rotatable bonds is 7. The maximum absolute atomic E-state index is 12.5. The number of hydrogen-bond donors (Lipinski definition) is 1. The van der Waals surface area contributed by atoms with Crippen LogP contribution in [0.1, 0.15) is 13.3 Å². The highest BCUT2D eigenvalue weighted by Crippen LogP contribution is 2.36. The Morgan fingerprint density at radius 2 is 2.21 bits per heavy atom. The first-order valence-corrected chi connectivity index (χ1v) is 9.69. The zero-order valence-electron chi connectivity index (χ0n) is 13.6. The van der Waals surface area contributed by atoms with E-state index in [0.717, 1.165) is 22.9 Å². The molecule has 0 unspecified atom stereocenters. The van der Waals surface area contributed by atoms with E-state index in [1.54, 1.807) is 23.8 Å². The smallest absolute Gasteiger partial charge is 0.305 e. The van der Waals surface area contributed by atoms with Gasteiger partial charge in [0.25, 0.3) is 5.91 Å². The highest BCUT2D eigenvalue weighted by Gasteiger charge is 2.33. The molecule has 0 aromatic rings. The second kappa shape index (κ2) is 8.89. The van der Waals surface area contributed by atoms with Crippen molar-refractivity contribution in [2.24, 2.45) is 0 Å². The molecule has 2 heterocycles. The minimum absolute atomic E-state index is 0.0866. The third-order valence-electron chi connectivity index (χ3n) is 3.58. The number of hydrogen-bond acceptors (Lipinski definition) is 7. The van der Waals surface area contributed by atoms with Crippen molar-refractivity contribution in [2.45, 2.75) is 13.3 Å². The fourth-order valence-electron chi connectivity index (χ4n) is 2.31. The number of carbonyl (C=O) groups excluding carboxylic acids is 1. The molecule has 0 spiro atoms. The van der Waals surface area contributed by atoms with Gasteiger partial charge in [-0.3, -0.25) is 14.5 Å². The molecule has 0 aromatic heterocycles. The number of ether oxygens (including phenoxy) is 1. The first kappa shape index (κ1) is 19.3. The van der Waals surface area contributed by atoms with E-state index in [4.69, 9.17) is 22.1 Å². The summed E-state index contributed by atoms with van der Waals surface area (Å²) in [5, 5.41) is 9.85. The molecule has 9 heteroatoms. The van der Waals surface area contributed by atoms with Gasteiger partial charge in [-0.25, -0.2) is 0 Å². The fourth-order valence-corrected chi connectivity index (χ4v) is 4.76. The van der Waals surface area contributed by atoms with Crippen molar-refractivity contribution in [1.29, 1.82) is 0 Å². The van der Waals surface area contributed by atoms with Gasteiger partial charge in [0.05, 0.1) is 29.5 Å². The zero-order valence-corrected chi connectivity index (χ0v) is 16.1. The number of aliphatic carboxylic acids is 1. The number of allylic oxidation sites excluding steroid dienone is 2. The van der Waals surface area contributed by atoms with Gasteiger partial charge in [0.15, 0.2) is 0 Å². The van der Waals surface area contributed by atoms with Crippen molar-refractivity contribution < 1.29 is 19.4 Å². The van der Waals surface area contributed by atoms with Gasteiger partial charge in [-0.05, 0) is 18.6 Å². The Labute approximate surface area is 155 Å². The van der Waals surface area contributed by atoms with E-state index >= 15 is 0 Å². The van der Waals surface area contributed by atoms with E-state index in [1.165, 1.54) is 11.8 Å². The van der Waals surface area contributed by atoms with Crippen LogP contribution in [0.2, 0.25) is 0 Å². The third-order valence-corrected chi connectivity index (χ3v) is 6.21. The van der Waals surface area contributed by atoms with Gasteiger partial charge in [0, 0.05) is 26.0 Å². The predicted octanol–water partition coefficient (Wildman–Crippen LogP) is 2.13. The number of methoxy groups -OCH3 is 1. The van der Waals surface area contributed by atoms with E-state index in [0.29, 0.717) is 28.9 Å². The van der Waals surface area contributed by atoms with E-state index in [1.807, 2.05) is 17.9 Å². The van der Waals surface area contributed by atoms with Crippen molar-refractivity contribution in [3.63, 3.8) is 0 Å². The number of nitrogens with zero attached hydrogens (tertiary/aromatic N) is 2. The molecule has 2 aliphatic rings. The van der Waals surface area contributed by atoms with Gasteiger partial charge in [-0.15, -0.1) is 11.8 Å². The minimum Gasteiger partial charge on any atom is -0.481 e. The molecule has 1 N–H and O–H groups in total. The summed E-state index contributed by atoms with van der Waals surface area (Å²) in [6.07, 6.45) is 2.07. The average Bonchev–Trinajstić information content (AvgIpc) is 3.08. The number of thiocarbonyl (C=S) groups is 1. The maximum Gasteiger partial charge on any atom is 0.305 e. The lowest BCUT2D eigenvalue weighted by Crippen LogP contribution is -2.31. The molecule has 2 fully saturated rings. The summed E-state index contributed by atoms with van der Waals surface area (Å²) in [5.74, 6) is 0.0338. The summed E-state index contributed by atoms with van der Waals surface area (Å²) in [6, 6.07) is 0. The normalized spacial score (nSPS) is 22.0. The zero-order chi connectivity index (χ0) is 17.7. The van der Waals surface area contributed by atoms with Crippen LogP contribution >= 0.6 is 35.7 Å². The van der Waals surface area contributed by atoms with Crippen molar-refractivity contribution >= 4 is 51.9 Å². The van der Waals surface area contributed by atoms with Crippen LogP contribution in [0.5, 0.6) is 0 Å². The monoisotopic (exact) mass is 388 g/mol. The van der Waals surface area contributed by atoms with Crippen molar-refractivity contribution in [3.8, 4) is 0 Å². The number of amides is 1. The average molecular weight is 389 g/mol. The number of thioether (sulfide) groups is 2. The first-order chi connectivity index (χ1) is 11.4. The lowest BCUT2D eigenvalue weighted by atomic mass is 10.2. The fraction of sp³-hybridized carbons (Fsp3) is 0.533. The Hall–Kier alpha value is -1.03. The molecular weight excluding hydrogens is 368 g/mol. The predicted molar refractivity (Wildman–Crippen MR) is 101 cm³/mol. The van der Waals surface area contributed by atoms with Gasteiger partial charge >= 0.3 is 5.97 Å². The molecule has 24 heavy (non-hydrogen) atoms. The Kier molecular flexibility index (Phi) is 7.15. The third kappa shape index (κ3) is 4.75. The SMILES string of the molecule is COCCN1C(=O)C(=C(C)C=C2SCCN2CCC(=O)O)SC1=S. The summed E-state index contributed by atoms with van der Waals surface area (Å²) in [5.41, 5.74) is 0.858. The molecule has 0 aliphatic carbocycles. The molecule has 6 nitrogen and oxygen atoms in total. The van der Waals surface area contributed by atoms with Crippen LogP contribution in [0, 0.1) is 0 Å². The lowest BCUT2D eigenvalue weighted by Gasteiger charge is -2.18.